The fraction of sp³-hybridized carbons (Fsp3) is 0.208. The molecule has 0 radical (unpaired) electrons. The molecule has 31 heavy (non-hydrogen) atoms. The van der Waals surface area contributed by atoms with Crippen LogP contribution in [0.3, 0.4) is 0 Å². The highest BCUT2D eigenvalue weighted by atomic mass is 79.9. The SMILES string of the molecule is Cc1ccc(CCCNC(=O)CN(c2cccc(Br)c2)S(=O)(=O)c2ccccc2)cc1. The summed E-state index contributed by atoms with van der Waals surface area (Å²) >= 11 is 3.38. The van der Waals surface area contributed by atoms with Crippen LogP contribution in [0.25, 0.3) is 0 Å². The summed E-state index contributed by atoms with van der Waals surface area (Å²) in [6.45, 7) is 2.23. The van der Waals surface area contributed by atoms with E-state index in [1.165, 1.54) is 23.3 Å². The van der Waals surface area contributed by atoms with Crippen molar-refractivity contribution in [1.29, 1.82) is 0 Å². The molecule has 0 saturated heterocycles. The Balaban J connectivity index is 1.68. The summed E-state index contributed by atoms with van der Waals surface area (Å²) in [7, 11) is -3.89. The van der Waals surface area contributed by atoms with Crippen molar-refractivity contribution in [1.82, 2.24) is 5.32 Å². The molecular weight excluding hydrogens is 476 g/mol. The van der Waals surface area contributed by atoms with Crippen molar-refractivity contribution in [2.45, 2.75) is 24.7 Å². The normalized spacial score (nSPS) is 11.2. The van der Waals surface area contributed by atoms with Crippen molar-refractivity contribution in [2.75, 3.05) is 17.4 Å². The van der Waals surface area contributed by atoms with Gasteiger partial charge in [0.05, 0.1) is 10.6 Å². The van der Waals surface area contributed by atoms with Gasteiger partial charge in [0, 0.05) is 11.0 Å². The molecule has 162 valence electrons. The minimum absolute atomic E-state index is 0.141. The highest BCUT2D eigenvalue weighted by Gasteiger charge is 2.27. The molecule has 0 aliphatic carbocycles. The summed E-state index contributed by atoms with van der Waals surface area (Å²) in [5, 5.41) is 2.85. The smallest absolute Gasteiger partial charge is 0.264 e. The number of carbonyl (C=O) groups is 1. The predicted molar refractivity (Wildman–Crippen MR) is 128 cm³/mol. The molecule has 7 heteroatoms. The van der Waals surface area contributed by atoms with Gasteiger partial charge in [-0.15, -0.1) is 0 Å². The number of hydrogen-bond acceptors (Lipinski definition) is 3. The minimum Gasteiger partial charge on any atom is -0.355 e. The third-order valence-corrected chi connectivity index (χ3v) is 7.08. The minimum atomic E-state index is -3.89. The summed E-state index contributed by atoms with van der Waals surface area (Å²) < 4.78 is 28.4. The first-order chi connectivity index (χ1) is 14.9. The van der Waals surface area contributed by atoms with E-state index in [1.54, 1.807) is 36.4 Å². The van der Waals surface area contributed by atoms with E-state index in [1.807, 2.05) is 13.0 Å². The van der Waals surface area contributed by atoms with Crippen molar-refractivity contribution in [3.8, 4) is 0 Å². The lowest BCUT2D eigenvalue weighted by Gasteiger charge is -2.24. The number of sulfonamides is 1. The van der Waals surface area contributed by atoms with Crippen LogP contribution in [-0.2, 0) is 21.2 Å². The number of anilines is 1. The molecule has 3 rings (SSSR count). The number of benzene rings is 3. The summed E-state index contributed by atoms with van der Waals surface area (Å²) in [5.74, 6) is -0.344. The first kappa shape index (κ1) is 23.0. The van der Waals surface area contributed by atoms with Gasteiger partial charge in [0.2, 0.25) is 5.91 Å². The molecule has 0 saturated carbocycles. The van der Waals surface area contributed by atoms with E-state index < -0.39 is 10.0 Å². The molecule has 0 atom stereocenters. The predicted octanol–water partition coefficient (Wildman–Crippen LogP) is 4.70. The number of nitrogens with zero attached hydrogens (tertiary/aromatic N) is 1. The molecule has 0 spiro atoms. The Morgan fingerprint density at radius 1 is 0.968 bits per heavy atom. The van der Waals surface area contributed by atoms with Gasteiger partial charge < -0.3 is 5.32 Å². The van der Waals surface area contributed by atoms with Crippen LogP contribution in [0.2, 0.25) is 0 Å². The average Bonchev–Trinajstić information content (AvgIpc) is 2.77. The maximum absolute atomic E-state index is 13.3. The molecule has 5 nitrogen and oxygen atoms in total. The van der Waals surface area contributed by atoms with E-state index in [2.05, 4.69) is 45.5 Å². The summed E-state index contributed by atoms with van der Waals surface area (Å²) in [6.07, 6.45) is 1.62. The van der Waals surface area contributed by atoms with E-state index in [0.29, 0.717) is 12.2 Å². The molecule has 1 amide bonds. The lowest BCUT2D eigenvalue weighted by Crippen LogP contribution is -2.41. The summed E-state index contributed by atoms with van der Waals surface area (Å²) in [6, 6.07) is 23.3. The highest BCUT2D eigenvalue weighted by Crippen LogP contribution is 2.26. The maximum atomic E-state index is 13.3. The van der Waals surface area contributed by atoms with E-state index in [0.717, 1.165) is 21.6 Å². The Bertz CT molecular complexity index is 1120. The number of halogens is 1. The number of rotatable bonds is 9. The third-order valence-electron chi connectivity index (χ3n) is 4.80. The van der Waals surface area contributed by atoms with Gasteiger partial charge >= 0.3 is 0 Å². The number of nitrogens with one attached hydrogen (secondary N) is 1. The van der Waals surface area contributed by atoms with Crippen LogP contribution < -0.4 is 9.62 Å². The second-order valence-electron chi connectivity index (χ2n) is 7.24. The van der Waals surface area contributed by atoms with E-state index >= 15 is 0 Å². The van der Waals surface area contributed by atoms with Crippen molar-refractivity contribution in [2.24, 2.45) is 0 Å². The zero-order chi connectivity index (χ0) is 22.3. The Morgan fingerprint density at radius 2 is 1.68 bits per heavy atom. The average molecular weight is 501 g/mol. The molecule has 0 aromatic heterocycles. The lowest BCUT2D eigenvalue weighted by atomic mass is 10.1. The molecule has 0 bridgehead atoms. The first-order valence-corrected chi connectivity index (χ1v) is 12.3. The zero-order valence-corrected chi connectivity index (χ0v) is 19.7. The van der Waals surface area contributed by atoms with Crippen LogP contribution in [0.5, 0.6) is 0 Å². The molecule has 0 heterocycles. The molecule has 0 aliphatic heterocycles. The van der Waals surface area contributed by atoms with Gasteiger partial charge in [-0.2, -0.15) is 0 Å². The van der Waals surface area contributed by atoms with Crippen LogP contribution in [-0.4, -0.2) is 27.4 Å². The second-order valence-corrected chi connectivity index (χ2v) is 10.0. The quantitative estimate of drug-likeness (QED) is 0.433. The van der Waals surface area contributed by atoms with Gasteiger partial charge in [-0.3, -0.25) is 9.10 Å². The van der Waals surface area contributed by atoms with E-state index in [9.17, 15) is 13.2 Å². The fourth-order valence-corrected chi connectivity index (χ4v) is 4.95. The lowest BCUT2D eigenvalue weighted by molar-refractivity contribution is -0.119. The molecule has 0 aliphatic rings. The number of amides is 1. The van der Waals surface area contributed by atoms with E-state index in [4.69, 9.17) is 0 Å². The fourth-order valence-electron chi connectivity index (χ4n) is 3.13. The first-order valence-electron chi connectivity index (χ1n) is 10.0. The van der Waals surface area contributed by atoms with Crippen LogP contribution in [0.1, 0.15) is 17.5 Å². The number of carbonyl (C=O) groups excluding carboxylic acids is 1. The molecule has 1 N–H and O–H groups in total. The van der Waals surface area contributed by atoms with Crippen LogP contribution in [0, 0.1) is 6.92 Å². The van der Waals surface area contributed by atoms with Crippen LogP contribution in [0.15, 0.2) is 88.2 Å². The van der Waals surface area contributed by atoms with Gasteiger partial charge in [-0.1, -0.05) is 70.0 Å². The topological polar surface area (TPSA) is 66.5 Å². The Kier molecular flexibility index (Phi) is 7.87. The Labute approximate surface area is 192 Å². The van der Waals surface area contributed by atoms with Crippen LogP contribution >= 0.6 is 15.9 Å². The van der Waals surface area contributed by atoms with E-state index in [-0.39, 0.29) is 17.3 Å². The summed E-state index contributed by atoms with van der Waals surface area (Å²) in [4.78, 5) is 12.8. The second kappa shape index (κ2) is 10.6. The molecule has 0 unspecified atom stereocenters. The zero-order valence-electron chi connectivity index (χ0n) is 17.3. The third kappa shape index (κ3) is 6.42. The Morgan fingerprint density at radius 3 is 2.35 bits per heavy atom. The van der Waals surface area contributed by atoms with Crippen molar-refractivity contribution >= 4 is 37.5 Å². The van der Waals surface area contributed by atoms with Gasteiger partial charge in [0.25, 0.3) is 10.0 Å². The van der Waals surface area contributed by atoms with Crippen molar-refractivity contribution < 1.29 is 13.2 Å². The summed E-state index contributed by atoms with van der Waals surface area (Å²) in [5.41, 5.74) is 2.85. The number of hydrogen-bond donors (Lipinski definition) is 1. The van der Waals surface area contributed by atoms with Gasteiger partial charge in [-0.25, -0.2) is 8.42 Å². The largest absolute Gasteiger partial charge is 0.355 e. The molecule has 0 fully saturated rings. The monoisotopic (exact) mass is 500 g/mol. The van der Waals surface area contributed by atoms with Crippen LogP contribution in [0.4, 0.5) is 5.69 Å². The molecule has 3 aromatic rings. The van der Waals surface area contributed by atoms with Gasteiger partial charge in [-0.05, 0) is 55.7 Å². The van der Waals surface area contributed by atoms with Crippen molar-refractivity contribution in [3.63, 3.8) is 0 Å². The standard InChI is InChI=1S/C24H25BrN2O3S/c1-19-12-14-20(15-13-19)7-6-16-26-24(28)18-27(22-9-5-8-21(25)17-22)31(29,30)23-10-3-2-4-11-23/h2-5,8-15,17H,6-7,16,18H2,1H3,(H,26,28). The van der Waals surface area contributed by atoms with Gasteiger partial charge in [0.1, 0.15) is 6.54 Å². The molecule has 3 aromatic carbocycles. The maximum Gasteiger partial charge on any atom is 0.264 e. The van der Waals surface area contributed by atoms with Crippen molar-refractivity contribution in [3.05, 3.63) is 94.5 Å². The highest BCUT2D eigenvalue weighted by molar-refractivity contribution is 9.10. The Hall–Kier alpha value is -2.64. The number of aryl methyl sites for hydroxylation is 2. The van der Waals surface area contributed by atoms with Gasteiger partial charge in [0.15, 0.2) is 0 Å². The molecular formula is C24H25BrN2O3S.